The largest absolute Gasteiger partial charge is 0.496 e. The fraction of sp³-hybridized carbons (Fsp3) is 0.409. The number of hydrogen-bond acceptors (Lipinski definition) is 6. The summed E-state index contributed by atoms with van der Waals surface area (Å²) in [7, 11) is 1.64. The van der Waals surface area contributed by atoms with Crippen LogP contribution in [0.3, 0.4) is 0 Å². The van der Waals surface area contributed by atoms with E-state index in [1.54, 1.807) is 11.7 Å². The van der Waals surface area contributed by atoms with Gasteiger partial charge >= 0.3 is 0 Å². The number of methoxy groups -OCH3 is 1. The highest BCUT2D eigenvalue weighted by molar-refractivity contribution is 7.99. The quantitative estimate of drug-likeness (QED) is 0.417. The van der Waals surface area contributed by atoms with Crippen molar-refractivity contribution >= 4 is 39.2 Å². The minimum atomic E-state index is -0.0851. The topological polar surface area (TPSA) is 73.2 Å². The molecule has 6 nitrogen and oxygen atoms in total. The molecule has 0 atom stereocenters. The van der Waals surface area contributed by atoms with E-state index in [1.807, 2.05) is 52.0 Å². The normalized spacial score (nSPS) is 11.3. The molecule has 0 aliphatic rings. The van der Waals surface area contributed by atoms with Crippen LogP contribution >= 0.6 is 23.1 Å². The predicted octanol–water partition coefficient (Wildman–Crippen LogP) is 4.12. The lowest BCUT2D eigenvalue weighted by Gasteiger charge is -2.15. The number of amides is 1. The summed E-state index contributed by atoms with van der Waals surface area (Å²) in [4.78, 5) is 32.0. The van der Waals surface area contributed by atoms with Crippen LogP contribution in [0.1, 0.15) is 35.9 Å². The van der Waals surface area contributed by atoms with Crippen molar-refractivity contribution in [2.75, 3.05) is 19.4 Å². The first-order valence-corrected chi connectivity index (χ1v) is 11.7. The molecule has 30 heavy (non-hydrogen) atoms. The lowest BCUT2D eigenvalue weighted by molar-refractivity contribution is -0.118. The van der Waals surface area contributed by atoms with E-state index in [-0.39, 0.29) is 23.3 Å². The van der Waals surface area contributed by atoms with Crippen molar-refractivity contribution in [3.05, 3.63) is 50.6 Å². The number of ether oxygens (including phenoxy) is 1. The van der Waals surface area contributed by atoms with Gasteiger partial charge in [0.1, 0.15) is 10.6 Å². The van der Waals surface area contributed by atoms with E-state index < -0.39 is 0 Å². The van der Waals surface area contributed by atoms with Gasteiger partial charge < -0.3 is 10.1 Å². The summed E-state index contributed by atoms with van der Waals surface area (Å²) in [5, 5.41) is 4.22. The molecule has 0 radical (unpaired) electrons. The Morgan fingerprint density at radius 3 is 2.73 bits per heavy atom. The maximum Gasteiger partial charge on any atom is 0.263 e. The number of para-hydroxylation sites is 1. The van der Waals surface area contributed by atoms with Gasteiger partial charge in [0, 0.05) is 17.5 Å². The molecule has 0 aliphatic carbocycles. The number of nitrogens with zero attached hydrogens (tertiary/aromatic N) is 2. The van der Waals surface area contributed by atoms with E-state index in [1.165, 1.54) is 23.1 Å². The van der Waals surface area contributed by atoms with Crippen molar-refractivity contribution in [1.82, 2.24) is 14.9 Å². The number of carbonyl (C=O) groups is 1. The third-order valence-corrected chi connectivity index (χ3v) is 7.01. The standard InChI is InChI=1S/C22H27N3O3S2/c1-13(2)25-21(27)19-14(3)15(4)30-20(19)24-22(25)29-12-18(26)23-11-10-16-8-6-7-9-17(16)28-5/h6-9,13H,10-12H2,1-5H3,(H,23,26). The fourth-order valence-electron chi connectivity index (χ4n) is 3.27. The Morgan fingerprint density at radius 1 is 1.30 bits per heavy atom. The second-order valence-electron chi connectivity index (χ2n) is 7.33. The molecule has 0 unspecified atom stereocenters. The highest BCUT2D eigenvalue weighted by atomic mass is 32.2. The van der Waals surface area contributed by atoms with E-state index in [4.69, 9.17) is 9.72 Å². The summed E-state index contributed by atoms with van der Waals surface area (Å²) >= 11 is 2.83. The number of rotatable bonds is 8. The Morgan fingerprint density at radius 2 is 2.03 bits per heavy atom. The Kier molecular flexibility index (Phi) is 7.20. The summed E-state index contributed by atoms with van der Waals surface area (Å²) in [6, 6.07) is 7.74. The molecule has 2 aromatic heterocycles. The van der Waals surface area contributed by atoms with Crippen LogP contribution in [0.2, 0.25) is 0 Å². The molecule has 0 saturated carbocycles. The minimum Gasteiger partial charge on any atom is -0.496 e. The molecule has 0 aliphatic heterocycles. The molecule has 0 fully saturated rings. The van der Waals surface area contributed by atoms with Crippen molar-refractivity contribution in [3.8, 4) is 5.75 Å². The molecule has 0 bridgehead atoms. The first-order chi connectivity index (χ1) is 14.3. The Bertz CT molecular complexity index is 1120. The number of thioether (sulfide) groups is 1. The van der Waals surface area contributed by atoms with Crippen LogP contribution in [0.25, 0.3) is 10.2 Å². The lowest BCUT2D eigenvalue weighted by atomic mass is 10.1. The number of hydrogen-bond donors (Lipinski definition) is 1. The van der Waals surface area contributed by atoms with Gasteiger partial charge in [-0.25, -0.2) is 4.98 Å². The monoisotopic (exact) mass is 445 g/mol. The maximum atomic E-state index is 13.1. The fourth-order valence-corrected chi connectivity index (χ4v) is 5.30. The highest BCUT2D eigenvalue weighted by Gasteiger charge is 2.19. The van der Waals surface area contributed by atoms with E-state index in [0.29, 0.717) is 23.5 Å². The van der Waals surface area contributed by atoms with Crippen LogP contribution in [0.5, 0.6) is 5.75 Å². The molecule has 0 saturated heterocycles. The molecule has 3 aromatic rings. The number of aryl methyl sites for hydroxylation is 2. The molecular formula is C22H27N3O3S2. The van der Waals surface area contributed by atoms with Crippen LogP contribution in [0, 0.1) is 13.8 Å². The van der Waals surface area contributed by atoms with Gasteiger partial charge in [-0.05, 0) is 51.3 Å². The molecule has 160 valence electrons. The number of aromatic nitrogens is 2. The average Bonchev–Trinajstić information content (AvgIpc) is 3.00. The number of fused-ring (bicyclic) bond motifs is 1. The SMILES string of the molecule is COc1ccccc1CCNC(=O)CSc1nc2sc(C)c(C)c2c(=O)n1C(C)C. The van der Waals surface area contributed by atoms with Crippen LogP contribution in [-0.2, 0) is 11.2 Å². The minimum absolute atomic E-state index is 0.0315. The second-order valence-corrected chi connectivity index (χ2v) is 9.47. The molecule has 1 N–H and O–H groups in total. The highest BCUT2D eigenvalue weighted by Crippen LogP contribution is 2.29. The van der Waals surface area contributed by atoms with Gasteiger partial charge in [-0.3, -0.25) is 14.2 Å². The van der Waals surface area contributed by atoms with Crippen LogP contribution in [0.15, 0.2) is 34.2 Å². The number of thiophene rings is 1. The van der Waals surface area contributed by atoms with Gasteiger partial charge in [-0.2, -0.15) is 0 Å². The number of carbonyl (C=O) groups excluding carboxylic acids is 1. The zero-order valence-electron chi connectivity index (χ0n) is 17.9. The summed E-state index contributed by atoms with van der Waals surface area (Å²) < 4.78 is 7.03. The molecular weight excluding hydrogens is 418 g/mol. The van der Waals surface area contributed by atoms with E-state index in [9.17, 15) is 9.59 Å². The Balaban J connectivity index is 1.68. The summed E-state index contributed by atoms with van der Waals surface area (Å²) in [6.45, 7) is 8.40. The van der Waals surface area contributed by atoms with Gasteiger partial charge in [0.25, 0.3) is 5.56 Å². The van der Waals surface area contributed by atoms with Crippen LogP contribution in [-0.4, -0.2) is 34.9 Å². The first kappa shape index (κ1) is 22.4. The third-order valence-electron chi connectivity index (χ3n) is 4.96. The van der Waals surface area contributed by atoms with Crippen molar-refractivity contribution in [2.45, 2.75) is 45.3 Å². The summed E-state index contributed by atoms with van der Waals surface area (Å²) in [5.41, 5.74) is 2.01. The molecule has 8 heteroatoms. The van der Waals surface area contributed by atoms with Gasteiger partial charge in [0.05, 0.1) is 18.2 Å². The summed E-state index contributed by atoms with van der Waals surface area (Å²) in [5.74, 6) is 0.944. The van der Waals surface area contributed by atoms with Gasteiger partial charge in [0.15, 0.2) is 5.16 Å². The lowest BCUT2D eigenvalue weighted by Crippen LogP contribution is -2.29. The van der Waals surface area contributed by atoms with Crippen molar-refractivity contribution in [1.29, 1.82) is 0 Å². The molecule has 2 heterocycles. The third kappa shape index (κ3) is 4.70. The number of nitrogens with one attached hydrogen (secondary N) is 1. The second kappa shape index (κ2) is 9.66. The molecule has 3 rings (SSSR count). The summed E-state index contributed by atoms with van der Waals surface area (Å²) in [6.07, 6.45) is 0.690. The van der Waals surface area contributed by atoms with E-state index >= 15 is 0 Å². The number of benzene rings is 1. The van der Waals surface area contributed by atoms with Crippen LogP contribution in [0.4, 0.5) is 0 Å². The zero-order valence-corrected chi connectivity index (χ0v) is 19.6. The van der Waals surface area contributed by atoms with Crippen LogP contribution < -0.4 is 15.6 Å². The van der Waals surface area contributed by atoms with E-state index in [0.717, 1.165) is 26.6 Å². The first-order valence-electron chi connectivity index (χ1n) is 9.87. The van der Waals surface area contributed by atoms with Gasteiger partial charge in [0.2, 0.25) is 5.91 Å². The Hall–Kier alpha value is -2.32. The Labute approximate surface area is 184 Å². The van der Waals surface area contributed by atoms with E-state index in [2.05, 4.69) is 5.32 Å². The molecule has 0 spiro atoms. The van der Waals surface area contributed by atoms with Crippen molar-refractivity contribution < 1.29 is 9.53 Å². The van der Waals surface area contributed by atoms with Crippen molar-refractivity contribution in [2.24, 2.45) is 0 Å². The smallest absolute Gasteiger partial charge is 0.263 e. The predicted molar refractivity (Wildman–Crippen MR) is 124 cm³/mol. The van der Waals surface area contributed by atoms with Gasteiger partial charge in [-0.15, -0.1) is 11.3 Å². The average molecular weight is 446 g/mol. The van der Waals surface area contributed by atoms with Crippen molar-refractivity contribution in [3.63, 3.8) is 0 Å². The maximum absolute atomic E-state index is 13.1. The molecule has 1 amide bonds. The van der Waals surface area contributed by atoms with Gasteiger partial charge in [-0.1, -0.05) is 30.0 Å². The molecule has 1 aromatic carbocycles. The zero-order chi connectivity index (χ0) is 21.8.